The van der Waals surface area contributed by atoms with Gasteiger partial charge in [0.1, 0.15) is 5.82 Å². The number of hydrogen-bond donors (Lipinski definition) is 0. The van der Waals surface area contributed by atoms with Crippen LogP contribution in [0.5, 0.6) is 5.75 Å². The summed E-state index contributed by atoms with van der Waals surface area (Å²) in [5.74, 6) is 1.59. The van der Waals surface area contributed by atoms with Crippen molar-refractivity contribution in [2.24, 2.45) is 0 Å². The Kier molecular flexibility index (Phi) is 5.23. The average molecular weight is 427 g/mol. The van der Waals surface area contributed by atoms with Crippen molar-refractivity contribution in [3.05, 3.63) is 84.1 Å². The van der Waals surface area contributed by atoms with Crippen molar-refractivity contribution >= 4 is 5.82 Å². The summed E-state index contributed by atoms with van der Waals surface area (Å²) in [7, 11) is 1.49. The smallest absolute Gasteiger partial charge is 0.199 e. The van der Waals surface area contributed by atoms with Gasteiger partial charge in [-0.05, 0) is 41.3 Å². The summed E-state index contributed by atoms with van der Waals surface area (Å²) in [5.41, 5.74) is 3.91. The maximum absolute atomic E-state index is 14.5. The van der Waals surface area contributed by atoms with Crippen LogP contribution in [0.25, 0.3) is 22.8 Å². The number of fused-ring (bicyclic) bond motifs is 1. The van der Waals surface area contributed by atoms with E-state index in [-0.39, 0.29) is 17.6 Å². The molecule has 2 aromatic heterocycles. The molecular weight excluding hydrogens is 405 g/mol. The van der Waals surface area contributed by atoms with Gasteiger partial charge in [-0.25, -0.2) is 24.3 Å². The molecule has 1 atom stereocenters. The molecular formula is C25H22FN5O. The number of hydrogen-bond acceptors (Lipinski definition) is 6. The molecule has 3 heterocycles. The van der Waals surface area contributed by atoms with E-state index in [9.17, 15) is 4.39 Å². The number of halogens is 1. The van der Waals surface area contributed by atoms with Crippen molar-refractivity contribution in [3.8, 4) is 28.5 Å². The molecule has 1 unspecified atom stereocenters. The minimum absolute atomic E-state index is 0.0210. The highest BCUT2D eigenvalue weighted by atomic mass is 19.1. The van der Waals surface area contributed by atoms with Gasteiger partial charge < -0.3 is 9.64 Å². The molecule has 7 heteroatoms. The number of rotatable bonds is 5. The minimum atomic E-state index is -0.351. The second kappa shape index (κ2) is 8.34. The Bertz CT molecular complexity index is 1250. The van der Waals surface area contributed by atoms with E-state index in [0.717, 1.165) is 34.5 Å². The molecule has 0 saturated carbocycles. The van der Waals surface area contributed by atoms with Crippen molar-refractivity contribution in [2.75, 3.05) is 12.0 Å². The summed E-state index contributed by atoms with van der Waals surface area (Å²) in [6.07, 6.45) is 5.96. The first-order chi connectivity index (χ1) is 15.7. The maximum atomic E-state index is 14.5. The highest BCUT2D eigenvalue weighted by Gasteiger charge is 2.33. The minimum Gasteiger partial charge on any atom is -0.494 e. The quantitative estimate of drug-likeness (QED) is 0.435. The van der Waals surface area contributed by atoms with E-state index >= 15 is 0 Å². The molecule has 6 nitrogen and oxygen atoms in total. The zero-order chi connectivity index (χ0) is 22.1. The Morgan fingerprint density at radius 2 is 1.81 bits per heavy atom. The van der Waals surface area contributed by atoms with Crippen LogP contribution < -0.4 is 9.64 Å². The Morgan fingerprint density at radius 3 is 2.53 bits per heavy atom. The fraction of sp³-hybridized carbons (Fsp3) is 0.200. The average Bonchev–Trinajstić information content (AvgIpc) is 3.21. The van der Waals surface area contributed by atoms with Gasteiger partial charge in [-0.15, -0.1) is 0 Å². The van der Waals surface area contributed by atoms with Gasteiger partial charge >= 0.3 is 0 Å². The lowest BCUT2D eigenvalue weighted by Gasteiger charge is -2.27. The maximum Gasteiger partial charge on any atom is 0.199 e. The fourth-order valence-corrected chi connectivity index (χ4v) is 4.27. The molecule has 1 aliphatic heterocycles. The third-order valence-electron chi connectivity index (χ3n) is 5.77. The zero-order valence-corrected chi connectivity index (χ0v) is 17.9. The molecule has 0 fully saturated rings. The molecule has 1 aliphatic rings. The van der Waals surface area contributed by atoms with E-state index in [1.54, 1.807) is 30.6 Å². The van der Waals surface area contributed by atoms with Crippen LogP contribution in [0.4, 0.5) is 10.2 Å². The molecule has 2 aromatic carbocycles. The largest absolute Gasteiger partial charge is 0.494 e. The van der Waals surface area contributed by atoms with E-state index in [2.05, 4.69) is 26.8 Å². The molecule has 160 valence electrons. The monoisotopic (exact) mass is 427 g/mol. The molecule has 0 bridgehead atoms. The molecule has 4 aromatic rings. The summed E-state index contributed by atoms with van der Waals surface area (Å²) in [4.78, 5) is 20.3. The van der Waals surface area contributed by atoms with Crippen molar-refractivity contribution in [1.29, 1.82) is 0 Å². The van der Waals surface area contributed by atoms with Gasteiger partial charge in [0.15, 0.2) is 23.2 Å². The first-order valence-corrected chi connectivity index (χ1v) is 10.5. The molecule has 0 amide bonds. The third-order valence-corrected chi connectivity index (χ3v) is 5.77. The Hall–Kier alpha value is -3.87. The summed E-state index contributed by atoms with van der Waals surface area (Å²) in [6, 6.07) is 15.1. The van der Waals surface area contributed by atoms with Gasteiger partial charge in [0.25, 0.3) is 0 Å². The topological polar surface area (TPSA) is 64.0 Å². The molecule has 0 radical (unpaired) electrons. The second-order valence-corrected chi connectivity index (χ2v) is 7.61. The number of methoxy groups -OCH3 is 1. The number of nitrogens with zero attached hydrogens (tertiary/aromatic N) is 5. The SMILES string of the molecule is CCC1c2cc(F)c(OC)cc2CN1c1nc(-c2ncccn2)ncc1-c1ccccc1. The highest BCUT2D eigenvalue weighted by molar-refractivity contribution is 5.77. The summed E-state index contributed by atoms with van der Waals surface area (Å²) in [6.45, 7) is 2.69. The van der Waals surface area contributed by atoms with E-state index in [0.29, 0.717) is 18.2 Å². The normalized spacial score (nSPS) is 15.0. The van der Waals surface area contributed by atoms with Crippen LogP contribution in [-0.2, 0) is 6.54 Å². The lowest BCUT2D eigenvalue weighted by Crippen LogP contribution is -2.23. The number of anilines is 1. The van der Waals surface area contributed by atoms with E-state index < -0.39 is 0 Å². The molecule has 0 aliphatic carbocycles. The fourth-order valence-electron chi connectivity index (χ4n) is 4.27. The summed E-state index contributed by atoms with van der Waals surface area (Å²) < 4.78 is 19.7. The summed E-state index contributed by atoms with van der Waals surface area (Å²) >= 11 is 0. The first-order valence-electron chi connectivity index (χ1n) is 10.5. The number of aromatic nitrogens is 4. The summed E-state index contributed by atoms with van der Waals surface area (Å²) in [5, 5.41) is 0. The van der Waals surface area contributed by atoms with Crippen molar-refractivity contribution < 1.29 is 9.13 Å². The molecule has 0 saturated heterocycles. The third kappa shape index (κ3) is 3.45. The van der Waals surface area contributed by atoms with E-state index in [1.807, 2.05) is 36.5 Å². The van der Waals surface area contributed by atoms with Crippen LogP contribution in [-0.4, -0.2) is 27.0 Å². The van der Waals surface area contributed by atoms with E-state index in [1.165, 1.54) is 7.11 Å². The van der Waals surface area contributed by atoms with Crippen molar-refractivity contribution in [1.82, 2.24) is 19.9 Å². The van der Waals surface area contributed by atoms with Gasteiger partial charge in [-0.2, -0.15) is 0 Å². The van der Waals surface area contributed by atoms with Gasteiger partial charge in [0.05, 0.1) is 13.2 Å². The van der Waals surface area contributed by atoms with Crippen LogP contribution in [0.1, 0.15) is 30.5 Å². The standard InChI is InChI=1S/C25H22FN5O/c1-3-21-18-13-20(26)22(32-2)12-17(18)15-31(21)25-19(16-8-5-4-6-9-16)14-29-24(30-25)23-27-10-7-11-28-23/h4-14,21H,3,15H2,1-2H3. The molecule has 0 spiro atoms. The van der Waals surface area contributed by atoms with Crippen LogP contribution >= 0.6 is 0 Å². The Morgan fingerprint density at radius 1 is 1.03 bits per heavy atom. The Balaban J connectivity index is 1.66. The lowest BCUT2D eigenvalue weighted by molar-refractivity contribution is 0.385. The molecule has 5 rings (SSSR count). The van der Waals surface area contributed by atoms with Crippen LogP contribution in [0, 0.1) is 5.82 Å². The van der Waals surface area contributed by atoms with Crippen LogP contribution in [0.3, 0.4) is 0 Å². The van der Waals surface area contributed by atoms with Crippen molar-refractivity contribution in [2.45, 2.75) is 25.9 Å². The van der Waals surface area contributed by atoms with Crippen LogP contribution in [0.2, 0.25) is 0 Å². The lowest BCUT2D eigenvalue weighted by atomic mass is 10.0. The second-order valence-electron chi connectivity index (χ2n) is 7.61. The zero-order valence-electron chi connectivity index (χ0n) is 17.9. The van der Waals surface area contributed by atoms with Gasteiger partial charge in [0, 0.05) is 30.7 Å². The van der Waals surface area contributed by atoms with Gasteiger partial charge in [-0.1, -0.05) is 37.3 Å². The van der Waals surface area contributed by atoms with Gasteiger partial charge in [0.2, 0.25) is 0 Å². The predicted octanol–water partition coefficient (Wildman–Crippen LogP) is 5.22. The van der Waals surface area contributed by atoms with Crippen LogP contribution in [0.15, 0.2) is 67.1 Å². The molecule has 0 N–H and O–H groups in total. The first kappa shape index (κ1) is 20.1. The van der Waals surface area contributed by atoms with Gasteiger partial charge in [-0.3, -0.25) is 0 Å². The van der Waals surface area contributed by atoms with E-state index in [4.69, 9.17) is 9.72 Å². The Labute approximate surface area is 185 Å². The van der Waals surface area contributed by atoms with Crippen molar-refractivity contribution in [3.63, 3.8) is 0 Å². The number of benzene rings is 2. The number of ether oxygens (including phenoxy) is 1. The molecule has 32 heavy (non-hydrogen) atoms. The predicted molar refractivity (Wildman–Crippen MR) is 121 cm³/mol. The highest BCUT2D eigenvalue weighted by Crippen LogP contribution is 2.44.